The number of aromatic amines is 1. The fraction of sp³-hybridized carbons (Fsp3) is 0.346. The number of amides is 2. The van der Waals surface area contributed by atoms with Crippen LogP contribution in [0.15, 0.2) is 64.4 Å². The topological polar surface area (TPSA) is 70.2 Å². The summed E-state index contributed by atoms with van der Waals surface area (Å²) < 4.78 is 40.0. The maximum atomic E-state index is 13.7. The van der Waals surface area contributed by atoms with E-state index in [2.05, 4.69) is 4.98 Å². The number of thiazole rings is 1. The van der Waals surface area contributed by atoms with Crippen LogP contribution in [0.4, 0.5) is 18.9 Å². The second-order valence-corrected chi connectivity index (χ2v) is 12.1. The van der Waals surface area contributed by atoms with Gasteiger partial charge >= 0.3 is 11.0 Å². The van der Waals surface area contributed by atoms with Crippen LogP contribution in [0.1, 0.15) is 28.3 Å². The molecule has 1 aromatic heterocycles. The first kappa shape index (κ1) is 22.4. The molecule has 0 radical (unpaired) electrons. The van der Waals surface area contributed by atoms with Crippen LogP contribution in [0.3, 0.4) is 0 Å². The van der Waals surface area contributed by atoms with Crippen molar-refractivity contribution in [1.29, 1.82) is 0 Å². The predicted octanol–water partition coefficient (Wildman–Crippen LogP) is 5.13. The summed E-state index contributed by atoms with van der Waals surface area (Å²) in [6.45, 7) is 0. The molecule has 2 amide bonds. The minimum Gasteiger partial charge on any atom is -0.307 e. The Morgan fingerprint density at radius 2 is 1.64 bits per heavy atom. The third kappa shape index (κ3) is 3.00. The van der Waals surface area contributed by atoms with Crippen LogP contribution in [-0.2, 0) is 15.8 Å². The van der Waals surface area contributed by atoms with E-state index in [1.165, 1.54) is 23.5 Å². The number of benzene rings is 2. The lowest BCUT2D eigenvalue weighted by Crippen LogP contribution is -2.42. The van der Waals surface area contributed by atoms with Gasteiger partial charge in [0, 0.05) is 16.0 Å². The van der Waals surface area contributed by atoms with E-state index in [0.29, 0.717) is 0 Å². The largest absolute Gasteiger partial charge is 0.416 e. The second-order valence-electron chi connectivity index (χ2n) is 9.93. The van der Waals surface area contributed by atoms with E-state index < -0.39 is 35.4 Å². The number of hydrogen-bond donors (Lipinski definition) is 1. The molecule has 2 aliphatic heterocycles. The summed E-state index contributed by atoms with van der Waals surface area (Å²) in [6, 6.07) is 14.4. The van der Waals surface area contributed by atoms with E-state index in [-0.39, 0.29) is 39.5 Å². The molecule has 7 rings (SSSR count). The normalized spacial score (nSPS) is 32.5. The summed E-state index contributed by atoms with van der Waals surface area (Å²) in [5, 5.41) is 0.869. The minimum absolute atomic E-state index is 0.0210. The molecule has 10 heteroatoms. The van der Waals surface area contributed by atoms with Crippen LogP contribution in [0.2, 0.25) is 0 Å². The van der Waals surface area contributed by atoms with Gasteiger partial charge in [-0.25, -0.2) is 0 Å². The van der Waals surface area contributed by atoms with Crippen molar-refractivity contribution in [2.75, 3.05) is 4.90 Å². The molecule has 184 valence electrons. The van der Waals surface area contributed by atoms with Gasteiger partial charge in [0.2, 0.25) is 11.8 Å². The first-order valence-electron chi connectivity index (χ1n) is 11.7. The van der Waals surface area contributed by atoms with Crippen molar-refractivity contribution in [2.24, 2.45) is 29.6 Å². The molecule has 3 heterocycles. The third-order valence-corrected chi connectivity index (χ3v) is 10.9. The van der Waals surface area contributed by atoms with E-state index in [0.717, 1.165) is 38.9 Å². The number of anilines is 1. The molecule has 3 aromatic rings. The number of thioether (sulfide) groups is 1. The fourth-order valence-corrected chi connectivity index (χ4v) is 10.0. The highest BCUT2D eigenvalue weighted by Gasteiger charge is 2.69. The highest BCUT2D eigenvalue weighted by atomic mass is 32.2. The number of H-pyrrole nitrogens is 1. The molecule has 0 unspecified atom stereocenters. The lowest BCUT2D eigenvalue weighted by atomic mass is 9.68. The summed E-state index contributed by atoms with van der Waals surface area (Å²) >= 11 is 2.79. The van der Waals surface area contributed by atoms with Gasteiger partial charge in [-0.1, -0.05) is 47.7 Å². The molecule has 36 heavy (non-hydrogen) atoms. The van der Waals surface area contributed by atoms with Gasteiger partial charge in [-0.3, -0.25) is 19.3 Å². The Kier molecular flexibility index (Phi) is 4.71. The molecule has 2 bridgehead atoms. The number of alkyl halides is 3. The number of carbonyl (C=O) groups excluding carboxylic acids is 2. The van der Waals surface area contributed by atoms with Crippen molar-refractivity contribution >= 4 is 40.6 Å². The standard InChI is InChI=1S/C26H19F3N2O3S2/c27-26(28,29)12-7-4-8-13(9-12)31-23(32)18-14-10-15(19(18)24(31)33)20-17(14)16(11-5-2-1-3-6-11)21-22(35-20)30-25(34)36-21/h1-9,14-20H,10H2,(H,30,34)/t14-,15-,16+,17-,18+,19-,20+/m1/s1. The van der Waals surface area contributed by atoms with Gasteiger partial charge < -0.3 is 4.98 Å². The lowest BCUT2D eigenvalue weighted by Gasteiger charge is -2.43. The Morgan fingerprint density at radius 1 is 0.917 bits per heavy atom. The van der Waals surface area contributed by atoms with E-state index in [9.17, 15) is 27.6 Å². The average molecular weight is 529 g/mol. The highest BCUT2D eigenvalue weighted by molar-refractivity contribution is 8.00. The number of imide groups is 1. The number of aromatic nitrogens is 1. The summed E-state index contributed by atoms with van der Waals surface area (Å²) in [7, 11) is 0. The Labute approximate surface area is 211 Å². The number of hydrogen-bond acceptors (Lipinski definition) is 5. The smallest absolute Gasteiger partial charge is 0.307 e. The van der Waals surface area contributed by atoms with E-state index in [4.69, 9.17) is 0 Å². The zero-order valence-electron chi connectivity index (χ0n) is 18.6. The number of rotatable bonds is 2. The van der Waals surface area contributed by atoms with Gasteiger partial charge in [-0.15, -0.1) is 11.8 Å². The van der Waals surface area contributed by atoms with Gasteiger partial charge in [-0.05, 0) is 47.9 Å². The number of nitrogens with one attached hydrogen (secondary N) is 1. The van der Waals surface area contributed by atoms with E-state index >= 15 is 0 Å². The van der Waals surface area contributed by atoms with Crippen LogP contribution in [-0.4, -0.2) is 22.0 Å². The SMILES string of the molecule is O=C1[C@@H]2[C@H]3C[C@@H]([C@@H]2C(=O)N1c1cccc(C(F)(F)F)c1)[C@@H]1[C@H](c2ccccc2)c2sc(=O)[nH]c2S[C@@H]31. The van der Waals surface area contributed by atoms with Gasteiger partial charge in [0.25, 0.3) is 0 Å². The molecule has 3 fully saturated rings. The maximum Gasteiger partial charge on any atom is 0.416 e. The van der Waals surface area contributed by atoms with Crippen molar-refractivity contribution in [3.63, 3.8) is 0 Å². The molecular formula is C26H19F3N2O3S2. The van der Waals surface area contributed by atoms with Gasteiger partial charge in [0.05, 0.1) is 28.1 Å². The lowest BCUT2D eigenvalue weighted by molar-refractivity contribution is -0.137. The Morgan fingerprint density at radius 3 is 2.36 bits per heavy atom. The molecule has 5 nitrogen and oxygen atoms in total. The number of halogens is 3. The molecule has 2 saturated carbocycles. The zero-order valence-corrected chi connectivity index (χ0v) is 20.2. The monoisotopic (exact) mass is 528 g/mol. The fourth-order valence-electron chi connectivity index (χ4n) is 7.13. The molecule has 1 saturated heterocycles. The van der Waals surface area contributed by atoms with E-state index in [1.807, 2.05) is 30.3 Å². The second kappa shape index (κ2) is 7.58. The average Bonchev–Trinajstić information content (AvgIpc) is 3.58. The molecule has 2 aromatic carbocycles. The van der Waals surface area contributed by atoms with E-state index in [1.54, 1.807) is 11.8 Å². The number of fused-ring (bicyclic) bond motifs is 9. The first-order valence-corrected chi connectivity index (χ1v) is 13.4. The van der Waals surface area contributed by atoms with Crippen molar-refractivity contribution < 1.29 is 22.8 Å². The number of carbonyl (C=O) groups is 2. The molecule has 0 spiro atoms. The van der Waals surface area contributed by atoms with Crippen molar-refractivity contribution in [3.05, 3.63) is 80.3 Å². The minimum atomic E-state index is -4.57. The zero-order chi connectivity index (χ0) is 24.9. The van der Waals surface area contributed by atoms with Crippen LogP contribution in [0.5, 0.6) is 0 Å². The summed E-state index contributed by atoms with van der Waals surface area (Å²) in [6.07, 6.45) is -3.84. The van der Waals surface area contributed by atoms with Crippen molar-refractivity contribution in [2.45, 2.75) is 28.8 Å². The molecule has 7 atom stereocenters. The Balaban J connectivity index is 1.30. The summed E-state index contributed by atoms with van der Waals surface area (Å²) in [5.41, 5.74) is 0.162. The first-order chi connectivity index (χ1) is 17.2. The van der Waals surface area contributed by atoms with Crippen molar-refractivity contribution in [1.82, 2.24) is 4.98 Å². The highest BCUT2D eigenvalue weighted by Crippen LogP contribution is 2.68. The Hall–Kier alpha value is -2.85. The third-order valence-electron chi connectivity index (χ3n) is 8.31. The van der Waals surface area contributed by atoms with Crippen LogP contribution < -0.4 is 9.77 Å². The van der Waals surface area contributed by atoms with Gasteiger partial charge in [-0.2, -0.15) is 13.2 Å². The quantitative estimate of drug-likeness (QED) is 0.468. The van der Waals surface area contributed by atoms with Crippen molar-refractivity contribution in [3.8, 4) is 0 Å². The van der Waals surface area contributed by atoms with Crippen LogP contribution in [0, 0.1) is 29.6 Å². The maximum absolute atomic E-state index is 13.7. The molecule has 1 N–H and O–H groups in total. The van der Waals surface area contributed by atoms with Gasteiger partial charge in [0.1, 0.15) is 0 Å². The predicted molar refractivity (Wildman–Crippen MR) is 129 cm³/mol. The molecule has 2 aliphatic carbocycles. The van der Waals surface area contributed by atoms with Gasteiger partial charge in [0.15, 0.2) is 0 Å². The molecule has 4 aliphatic rings. The summed E-state index contributed by atoms with van der Waals surface area (Å²) in [4.78, 5) is 44.3. The van der Waals surface area contributed by atoms with Crippen LogP contribution in [0.25, 0.3) is 0 Å². The van der Waals surface area contributed by atoms with Crippen LogP contribution >= 0.6 is 23.1 Å². The Bertz CT molecular complexity index is 1470. The molecular weight excluding hydrogens is 509 g/mol. The summed E-state index contributed by atoms with van der Waals surface area (Å²) in [5.74, 6) is -2.09. The number of nitrogens with zero attached hydrogens (tertiary/aromatic N) is 1.